The predicted molar refractivity (Wildman–Crippen MR) is 121 cm³/mol. The molecule has 0 saturated carbocycles. The molecule has 1 aromatic carbocycles. The van der Waals surface area contributed by atoms with Gasteiger partial charge in [0.15, 0.2) is 0 Å². The summed E-state index contributed by atoms with van der Waals surface area (Å²) in [4.78, 5) is 10.6. The molecule has 0 fully saturated rings. The van der Waals surface area contributed by atoms with Crippen molar-refractivity contribution in [3.05, 3.63) is 35.4 Å². The monoisotopic (exact) mass is 403 g/mol. The van der Waals surface area contributed by atoms with Crippen molar-refractivity contribution in [1.82, 2.24) is 0 Å². The molecule has 0 amide bonds. The van der Waals surface area contributed by atoms with Crippen LogP contribution in [-0.4, -0.2) is 22.0 Å². The van der Waals surface area contributed by atoms with Crippen LogP contribution in [-0.2, 0) is 11.2 Å². The van der Waals surface area contributed by atoms with Crippen molar-refractivity contribution in [2.45, 2.75) is 110 Å². The van der Waals surface area contributed by atoms with Crippen LogP contribution >= 0.6 is 0 Å². The molecule has 0 unspecified atom stereocenters. The molecule has 2 N–H and O–H groups in total. The third-order valence-corrected chi connectivity index (χ3v) is 5.53. The summed E-state index contributed by atoms with van der Waals surface area (Å²) >= 11 is 0. The van der Waals surface area contributed by atoms with Crippen LogP contribution in [0.5, 0.6) is 0 Å². The molecule has 4 nitrogen and oxygen atoms in total. The number of nitrogens with zero attached hydrogens (tertiary/aromatic N) is 1. The predicted octanol–water partition coefficient (Wildman–Crippen LogP) is 7.36. The first-order chi connectivity index (χ1) is 14.2. The van der Waals surface area contributed by atoms with Crippen LogP contribution in [0.25, 0.3) is 0 Å². The maximum atomic E-state index is 10.6. The number of benzene rings is 1. The van der Waals surface area contributed by atoms with Gasteiger partial charge in [0.25, 0.3) is 0 Å². The molecule has 0 aliphatic rings. The summed E-state index contributed by atoms with van der Waals surface area (Å²) < 4.78 is 0. The molecule has 0 aliphatic carbocycles. The molecule has 0 saturated heterocycles. The Hall–Kier alpha value is -1.84. The van der Waals surface area contributed by atoms with Crippen LogP contribution in [0.4, 0.5) is 0 Å². The van der Waals surface area contributed by atoms with Crippen molar-refractivity contribution in [3.8, 4) is 0 Å². The Morgan fingerprint density at radius 3 is 1.76 bits per heavy atom. The number of carbonyl (C=O) groups is 1. The molecule has 0 atom stereocenters. The number of hydrogen-bond acceptors (Lipinski definition) is 3. The number of aryl methyl sites for hydroxylation is 1. The highest BCUT2D eigenvalue weighted by molar-refractivity contribution is 6.00. The highest BCUT2D eigenvalue weighted by atomic mass is 16.4. The molecule has 0 aliphatic heterocycles. The van der Waals surface area contributed by atoms with Gasteiger partial charge in [-0.15, -0.1) is 0 Å². The molecule has 0 radical (unpaired) electrons. The summed E-state index contributed by atoms with van der Waals surface area (Å²) in [6, 6.07) is 8.14. The van der Waals surface area contributed by atoms with Gasteiger partial charge < -0.3 is 10.3 Å². The minimum Gasteiger partial charge on any atom is -0.481 e. The largest absolute Gasteiger partial charge is 0.481 e. The zero-order valence-corrected chi connectivity index (χ0v) is 18.4. The van der Waals surface area contributed by atoms with Gasteiger partial charge in [0.2, 0.25) is 0 Å². The van der Waals surface area contributed by atoms with Gasteiger partial charge in [-0.2, -0.15) is 0 Å². The zero-order valence-electron chi connectivity index (χ0n) is 18.4. The fourth-order valence-electron chi connectivity index (χ4n) is 3.69. The van der Waals surface area contributed by atoms with Gasteiger partial charge >= 0.3 is 5.97 Å². The molecule has 0 spiro atoms. The van der Waals surface area contributed by atoms with Crippen molar-refractivity contribution < 1.29 is 15.1 Å². The van der Waals surface area contributed by atoms with E-state index in [1.165, 1.54) is 82.6 Å². The number of carboxylic acid groups (broad SMARTS) is 1. The zero-order chi connectivity index (χ0) is 21.2. The maximum Gasteiger partial charge on any atom is 0.303 e. The second-order valence-electron chi connectivity index (χ2n) is 8.13. The molecule has 0 heterocycles. The summed E-state index contributed by atoms with van der Waals surface area (Å²) in [5, 5.41) is 21.2. The maximum absolute atomic E-state index is 10.6. The smallest absolute Gasteiger partial charge is 0.303 e. The van der Waals surface area contributed by atoms with Crippen molar-refractivity contribution in [2.24, 2.45) is 5.16 Å². The first-order valence-corrected chi connectivity index (χ1v) is 11.7. The topological polar surface area (TPSA) is 69.9 Å². The summed E-state index contributed by atoms with van der Waals surface area (Å²) in [6.07, 6.45) is 18.5. The molecule has 0 aromatic heterocycles. The Kier molecular flexibility index (Phi) is 14.8. The van der Waals surface area contributed by atoms with Gasteiger partial charge in [0.05, 0.1) is 5.71 Å². The van der Waals surface area contributed by atoms with Gasteiger partial charge in [0.1, 0.15) is 0 Å². The van der Waals surface area contributed by atoms with Gasteiger partial charge in [0, 0.05) is 6.42 Å². The summed E-state index contributed by atoms with van der Waals surface area (Å²) in [5.41, 5.74) is 2.74. The molecule has 4 heteroatoms. The van der Waals surface area contributed by atoms with Crippen molar-refractivity contribution in [1.29, 1.82) is 0 Å². The molecular formula is C25H41NO3. The number of rotatable bonds is 18. The van der Waals surface area contributed by atoms with Crippen LogP contribution in [0.15, 0.2) is 29.4 Å². The lowest BCUT2D eigenvalue weighted by atomic mass is 10.00. The van der Waals surface area contributed by atoms with E-state index in [-0.39, 0.29) is 6.42 Å². The molecular weight excluding hydrogens is 362 g/mol. The summed E-state index contributed by atoms with van der Waals surface area (Å²) in [6.45, 7) is 2.27. The van der Waals surface area contributed by atoms with E-state index in [0.717, 1.165) is 12.0 Å². The Morgan fingerprint density at radius 2 is 1.28 bits per heavy atom. The Morgan fingerprint density at radius 1 is 0.759 bits per heavy atom. The van der Waals surface area contributed by atoms with Crippen molar-refractivity contribution >= 4 is 11.7 Å². The number of aliphatic carboxylic acids is 1. The second-order valence-corrected chi connectivity index (χ2v) is 8.13. The van der Waals surface area contributed by atoms with E-state index >= 15 is 0 Å². The number of oxime groups is 1. The highest BCUT2D eigenvalue weighted by Crippen LogP contribution is 2.15. The normalized spacial score (nSPS) is 11.7. The van der Waals surface area contributed by atoms with E-state index in [4.69, 9.17) is 5.11 Å². The average Bonchev–Trinajstić information content (AvgIpc) is 2.72. The summed E-state index contributed by atoms with van der Waals surface area (Å²) in [7, 11) is 0. The quantitative estimate of drug-likeness (QED) is 0.116. The highest BCUT2D eigenvalue weighted by Gasteiger charge is 2.06. The van der Waals surface area contributed by atoms with Gasteiger partial charge in [-0.1, -0.05) is 107 Å². The summed E-state index contributed by atoms with van der Waals surface area (Å²) in [5.74, 6) is -0.819. The van der Waals surface area contributed by atoms with Crippen LogP contribution < -0.4 is 0 Å². The Labute approximate surface area is 177 Å². The standard InChI is InChI=1S/C25H41NO3/c1-2-3-4-5-6-7-8-9-10-11-12-13-15-22-18-20-23(21-19-22)24(26-29)16-14-17-25(27)28/h18-21,29H,2-17H2,1H3,(H,27,28)/b26-24+. The second kappa shape index (κ2) is 17.1. The molecule has 29 heavy (non-hydrogen) atoms. The fraction of sp³-hybridized carbons (Fsp3) is 0.680. The van der Waals surface area contributed by atoms with Gasteiger partial charge in [-0.25, -0.2) is 0 Å². The number of carboxylic acids is 1. The lowest BCUT2D eigenvalue weighted by Gasteiger charge is -2.06. The Bertz CT molecular complexity index is 566. The molecule has 164 valence electrons. The van der Waals surface area contributed by atoms with E-state index in [1.807, 2.05) is 12.1 Å². The van der Waals surface area contributed by atoms with Crippen LogP contribution in [0.1, 0.15) is 114 Å². The third kappa shape index (κ3) is 13.1. The van der Waals surface area contributed by atoms with Crippen molar-refractivity contribution in [2.75, 3.05) is 0 Å². The van der Waals surface area contributed by atoms with E-state index in [9.17, 15) is 10.0 Å². The fourth-order valence-corrected chi connectivity index (χ4v) is 3.69. The van der Waals surface area contributed by atoms with E-state index < -0.39 is 5.97 Å². The van der Waals surface area contributed by atoms with Crippen LogP contribution in [0.3, 0.4) is 0 Å². The Balaban J connectivity index is 2.10. The first-order valence-electron chi connectivity index (χ1n) is 11.7. The van der Waals surface area contributed by atoms with Crippen LogP contribution in [0, 0.1) is 0 Å². The lowest BCUT2D eigenvalue weighted by Crippen LogP contribution is -2.03. The minimum atomic E-state index is -0.819. The number of hydrogen-bond donors (Lipinski definition) is 2. The van der Waals surface area contributed by atoms with E-state index in [1.54, 1.807) is 0 Å². The van der Waals surface area contributed by atoms with Gasteiger partial charge in [-0.05, 0) is 36.8 Å². The molecule has 0 bridgehead atoms. The number of unbranched alkanes of at least 4 members (excludes halogenated alkanes) is 11. The lowest BCUT2D eigenvalue weighted by molar-refractivity contribution is -0.137. The van der Waals surface area contributed by atoms with E-state index in [0.29, 0.717) is 18.6 Å². The average molecular weight is 404 g/mol. The molecule has 1 rings (SSSR count). The van der Waals surface area contributed by atoms with Crippen LogP contribution in [0.2, 0.25) is 0 Å². The van der Waals surface area contributed by atoms with E-state index in [2.05, 4.69) is 24.2 Å². The third-order valence-electron chi connectivity index (χ3n) is 5.53. The molecule has 1 aromatic rings. The first kappa shape index (κ1) is 25.2. The minimum absolute atomic E-state index is 0.0933. The SMILES string of the molecule is CCCCCCCCCCCCCCc1ccc(/C(CCCC(=O)O)=N/O)cc1. The van der Waals surface area contributed by atoms with Gasteiger partial charge in [-0.3, -0.25) is 4.79 Å². The van der Waals surface area contributed by atoms with Crippen molar-refractivity contribution in [3.63, 3.8) is 0 Å².